The molecule has 30 heavy (non-hydrogen) atoms. The Balaban J connectivity index is 1.47. The fraction of sp³-hybridized carbons (Fsp3) is 0.375. The number of amides is 1. The number of para-hydroxylation sites is 1. The number of nitrogens with zero attached hydrogens (tertiary/aromatic N) is 4. The SMILES string of the molecule is O=C([C@@H](Sc1nc(C2CC2)n(-c2ccccc2)n1)c1ccccc1)N1CCCCC1. The summed E-state index contributed by atoms with van der Waals surface area (Å²) in [7, 11) is 0. The van der Waals surface area contributed by atoms with Crippen LogP contribution in [0.4, 0.5) is 0 Å². The molecule has 2 aromatic carbocycles. The molecule has 0 unspecified atom stereocenters. The Kier molecular flexibility index (Phi) is 5.58. The molecule has 5 nitrogen and oxygen atoms in total. The van der Waals surface area contributed by atoms with Gasteiger partial charge in [0, 0.05) is 19.0 Å². The van der Waals surface area contributed by atoms with Gasteiger partial charge in [0.25, 0.3) is 0 Å². The molecule has 1 aliphatic carbocycles. The number of likely N-dealkylation sites (tertiary alicyclic amines) is 1. The number of rotatable bonds is 6. The summed E-state index contributed by atoms with van der Waals surface area (Å²) >= 11 is 1.48. The Hall–Kier alpha value is -2.60. The minimum absolute atomic E-state index is 0.176. The molecular weight excluding hydrogens is 392 g/mol. The molecule has 1 atom stereocenters. The molecule has 1 saturated heterocycles. The highest BCUT2D eigenvalue weighted by Gasteiger charge is 2.33. The molecule has 3 aromatic rings. The highest BCUT2D eigenvalue weighted by atomic mass is 32.2. The molecule has 6 heteroatoms. The molecule has 0 N–H and O–H groups in total. The van der Waals surface area contributed by atoms with Gasteiger partial charge < -0.3 is 4.90 Å². The van der Waals surface area contributed by atoms with E-state index in [0.717, 1.165) is 55.8 Å². The van der Waals surface area contributed by atoms with Crippen LogP contribution in [0.5, 0.6) is 0 Å². The van der Waals surface area contributed by atoms with Crippen LogP contribution in [0.15, 0.2) is 65.8 Å². The maximum absolute atomic E-state index is 13.5. The standard InChI is InChI=1S/C24H26N4OS/c29-23(27-16-8-3-9-17-27)21(18-10-4-1-5-11-18)30-24-25-22(19-14-15-19)28(26-24)20-12-6-2-7-13-20/h1-2,4-7,10-13,19,21H,3,8-9,14-17H2/t21-/m0/s1. The van der Waals surface area contributed by atoms with E-state index in [-0.39, 0.29) is 11.2 Å². The van der Waals surface area contributed by atoms with E-state index in [0.29, 0.717) is 11.1 Å². The lowest BCUT2D eigenvalue weighted by atomic mass is 10.1. The number of piperidine rings is 1. The summed E-state index contributed by atoms with van der Waals surface area (Å²) in [6, 6.07) is 20.2. The van der Waals surface area contributed by atoms with Crippen LogP contribution in [0.2, 0.25) is 0 Å². The van der Waals surface area contributed by atoms with Gasteiger partial charge in [0.2, 0.25) is 11.1 Å². The van der Waals surface area contributed by atoms with Gasteiger partial charge in [0.05, 0.1) is 5.69 Å². The summed E-state index contributed by atoms with van der Waals surface area (Å²) in [4.78, 5) is 20.4. The maximum Gasteiger partial charge on any atom is 0.240 e. The molecule has 2 heterocycles. The van der Waals surface area contributed by atoms with Crippen LogP contribution >= 0.6 is 11.8 Å². The molecule has 5 rings (SSSR count). The van der Waals surface area contributed by atoms with Gasteiger partial charge in [0.1, 0.15) is 11.1 Å². The molecule has 1 amide bonds. The third kappa shape index (κ3) is 4.15. The van der Waals surface area contributed by atoms with E-state index in [1.165, 1.54) is 18.2 Å². The number of thioether (sulfide) groups is 1. The summed E-state index contributed by atoms with van der Waals surface area (Å²) in [5.74, 6) is 1.66. The highest BCUT2D eigenvalue weighted by Crippen LogP contribution is 2.42. The van der Waals surface area contributed by atoms with Gasteiger partial charge >= 0.3 is 0 Å². The second-order valence-electron chi connectivity index (χ2n) is 8.07. The van der Waals surface area contributed by atoms with Crippen molar-refractivity contribution in [2.45, 2.75) is 48.4 Å². The van der Waals surface area contributed by atoms with E-state index in [1.807, 2.05) is 58.1 Å². The number of carbonyl (C=O) groups is 1. The number of aromatic nitrogens is 3. The predicted molar refractivity (Wildman–Crippen MR) is 119 cm³/mol. The third-order valence-corrected chi connectivity index (χ3v) is 6.87. The first-order valence-corrected chi connectivity index (χ1v) is 11.7. The number of carbonyl (C=O) groups excluding carboxylic acids is 1. The van der Waals surface area contributed by atoms with Gasteiger partial charge in [-0.3, -0.25) is 4.79 Å². The number of hydrogen-bond acceptors (Lipinski definition) is 4. The summed E-state index contributed by atoms with van der Waals surface area (Å²) < 4.78 is 1.97. The Morgan fingerprint density at radius 2 is 1.60 bits per heavy atom. The average Bonchev–Trinajstić information content (AvgIpc) is 3.58. The summed E-state index contributed by atoms with van der Waals surface area (Å²) in [5, 5.41) is 5.20. The second kappa shape index (κ2) is 8.64. The highest BCUT2D eigenvalue weighted by molar-refractivity contribution is 8.00. The molecule has 1 aromatic heterocycles. The molecule has 0 radical (unpaired) electrons. The monoisotopic (exact) mass is 418 g/mol. The van der Waals surface area contributed by atoms with E-state index in [4.69, 9.17) is 10.1 Å². The molecule has 2 fully saturated rings. The van der Waals surface area contributed by atoms with Gasteiger partial charge in [-0.25, -0.2) is 9.67 Å². The molecule has 1 aliphatic heterocycles. The van der Waals surface area contributed by atoms with Gasteiger partial charge in [-0.05, 0) is 49.8 Å². The lowest BCUT2D eigenvalue weighted by molar-refractivity contribution is -0.131. The van der Waals surface area contributed by atoms with E-state index in [2.05, 4.69) is 12.1 Å². The zero-order chi connectivity index (χ0) is 20.3. The predicted octanol–water partition coefficient (Wildman–Crippen LogP) is 4.99. The maximum atomic E-state index is 13.5. The van der Waals surface area contributed by atoms with Crippen LogP contribution in [0.1, 0.15) is 54.7 Å². The largest absolute Gasteiger partial charge is 0.341 e. The molecule has 0 bridgehead atoms. The Bertz CT molecular complexity index is 995. The first-order chi connectivity index (χ1) is 14.8. The summed E-state index contributed by atoms with van der Waals surface area (Å²) in [5.41, 5.74) is 2.04. The van der Waals surface area contributed by atoms with Crippen LogP contribution in [0.3, 0.4) is 0 Å². The molecule has 2 aliphatic rings. The topological polar surface area (TPSA) is 51.0 Å². The quantitative estimate of drug-likeness (QED) is 0.529. The second-order valence-corrected chi connectivity index (χ2v) is 9.14. The number of hydrogen-bond donors (Lipinski definition) is 0. The van der Waals surface area contributed by atoms with Crippen molar-refractivity contribution in [1.82, 2.24) is 19.7 Å². The van der Waals surface area contributed by atoms with E-state index < -0.39 is 0 Å². The number of benzene rings is 2. The lowest BCUT2D eigenvalue weighted by Crippen LogP contribution is -2.38. The minimum Gasteiger partial charge on any atom is -0.341 e. The summed E-state index contributed by atoms with van der Waals surface area (Å²) in [6.07, 6.45) is 5.70. The third-order valence-electron chi connectivity index (χ3n) is 5.77. The van der Waals surface area contributed by atoms with E-state index in [9.17, 15) is 4.79 Å². The van der Waals surface area contributed by atoms with Crippen molar-refractivity contribution in [3.05, 3.63) is 72.1 Å². The molecule has 1 saturated carbocycles. The first kappa shape index (κ1) is 19.4. The van der Waals surface area contributed by atoms with Crippen molar-refractivity contribution in [3.8, 4) is 5.69 Å². The van der Waals surface area contributed by atoms with Gasteiger partial charge in [-0.15, -0.1) is 5.10 Å². The fourth-order valence-corrected chi connectivity index (χ4v) is 5.02. The van der Waals surface area contributed by atoms with Gasteiger partial charge in [0.15, 0.2) is 0 Å². The average molecular weight is 419 g/mol. The van der Waals surface area contributed by atoms with Crippen molar-refractivity contribution in [1.29, 1.82) is 0 Å². The Morgan fingerprint density at radius 3 is 2.27 bits per heavy atom. The zero-order valence-corrected chi connectivity index (χ0v) is 17.8. The normalized spacial score (nSPS) is 17.7. The molecular formula is C24H26N4OS. The van der Waals surface area contributed by atoms with Crippen molar-refractivity contribution in [2.24, 2.45) is 0 Å². The Labute approximate surface area is 181 Å². The van der Waals surface area contributed by atoms with Crippen LogP contribution in [0, 0.1) is 0 Å². The smallest absolute Gasteiger partial charge is 0.240 e. The summed E-state index contributed by atoms with van der Waals surface area (Å²) in [6.45, 7) is 1.70. The van der Waals surface area contributed by atoms with Crippen molar-refractivity contribution in [3.63, 3.8) is 0 Å². The zero-order valence-electron chi connectivity index (χ0n) is 17.0. The van der Waals surface area contributed by atoms with Crippen LogP contribution in [-0.4, -0.2) is 38.7 Å². The molecule has 154 valence electrons. The van der Waals surface area contributed by atoms with E-state index >= 15 is 0 Å². The van der Waals surface area contributed by atoms with Crippen molar-refractivity contribution >= 4 is 17.7 Å². The van der Waals surface area contributed by atoms with Gasteiger partial charge in [-0.2, -0.15) is 0 Å². The minimum atomic E-state index is -0.317. The molecule has 0 spiro atoms. The van der Waals surface area contributed by atoms with E-state index in [1.54, 1.807) is 0 Å². The fourth-order valence-electron chi connectivity index (χ4n) is 3.99. The van der Waals surface area contributed by atoms with Crippen molar-refractivity contribution < 1.29 is 4.79 Å². The lowest BCUT2D eigenvalue weighted by Gasteiger charge is -2.30. The first-order valence-electron chi connectivity index (χ1n) is 10.8. The Morgan fingerprint density at radius 1 is 0.933 bits per heavy atom. The van der Waals surface area contributed by atoms with Crippen LogP contribution in [-0.2, 0) is 4.79 Å². The van der Waals surface area contributed by atoms with Crippen molar-refractivity contribution in [2.75, 3.05) is 13.1 Å². The van der Waals surface area contributed by atoms with Crippen LogP contribution in [0.25, 0.3) is 5.69 Å². The van der Waals surface area contributed by atoms with Crippen LogP contribution < -0.4 is 0 Å². The van der Waals surface area contributed by atoms with Gasteiger partial charge in [-0.1, -0.05) is 60.3 Å².